The van der Waals surface area contributed by atoms with E-state index < -0.39 is 12.6 Å². The van der Waals surface area contributed by atoms with Gasteiger partial charge in [-0.05, 0) is 56.2 Å². The minimum atomic E-state index is -0.680. The van der Waals surface area contributed by atoms with Crippen LogP contribution in [0.15, 0.2) is 42.5 Å². The van der Waals surface area contributed by atoms with Crippen LogP contribution in [0, 0.1) is 13.8 Å². The number of hydrogen-bond donors (Lipinski definition) is 1. The van der Waals surface area contributed by atoms with Gasteiger partial charge in [0.25, 0.3) is 11.8 Å². The maximum Gasteiger partial charge on any atom is 0.325 e. The Hall–Kier alpha value is -3.26. The Morgan fingerprint density at radius 1 is 1.10 bits per heavy atom. The predicted octanol–water partition coefficient (Wildman–Crippen LogP) is 3.24. The van der Waals surface area contributed by atoms with Crippen molar-refractivity contribution in [3.05, 3.63) is 59.2 Å². The zero-order valence-corrected chi connectivity index (χ0v) is 17.9. The van der Waals surface area contributed by atoms with Crippen molar-refractivity contribution in [3.8, 4) is 0 Å². The molecule has 0 aliphatic rings. The molecule has 0 bridgehead atoms. The number of ether oxygens (including phenoxy) is 1. The van der Waals surface area contributed by atoms with Crippen molar-refractivity contribution in [3.63, 3.8) is 0 Å². The fraction of sp³-hybridized carbons (Fsp3) is 0.273. The summed E-state index contributed by atoms with van der Waals surface area (Å²) >= 11 is 1.40. The number of aryl methyl sites for hydroxylation is 2. The van der Waals surface area contributed by atoms with Crippen LogP contribution < -0.4 is 10.2 Å². The molecule has 2 aromatic carbocycles. The lowest BCUT2D eigenvalue weighted by atomic mass is 10.1. The minimum absolute atomic E-state index is 0.313. The number of carbonyl (C=O) groups excluding carboxylic acids is 3. The SMILES string of the molecule is CCN(C(=O)COC(=O)CNC(=O)c1ccc(C)c(C)c1)c1nc2ccccc2s1. The van der Waals surface area contributed by atoms with Gasteiger partial charge in [-0.15, -0.1) is 0 Å². The van der Waals surface area contributed by atoms with Gasteiger partial charge in [-0.2, -0.15) is 0 Å². The minimum Gasteiger partial charge on any atom is -0.454 e. The van der Waals surface area contributed by atoms with Crippen LogP contribution >= 0.6 is 11.3 Å². The summed E-state index contributed by atoms with van der Waals surface area (Å²) < 4.78 is 6.02. The van der Waals surface area contributed by atoms with E-state index in [1.807, 2.05) is 51.1 Å². The molecule has 0 unspecified atom stereocenters. The van der Waals surface area contributed by atoms with Crippen LogP contribution in [0.3, 0.4) is 0 Å². The van der Waals surface area contributed by atoms with Crippen molar-refractivity contribution < 1.29 is 19.1 Å². The molecule has 1 N–H and O–H groups in total. The quantitative estimate of drug-likeness (QED) is 0.587. The maximum absolute atomic E-state index is 12.5. The third kappa shape index (κ3) is 5.01. The molecule has 30 heavy (non-hydrogen) atoms. The van der Waals surface area contributed by atoms with E-state index >= 15 is 0 Å². The van der Waals surface area contributed by atoms with Gasteiger partial charge in [-0.25, -0.2) is 4.98 Å². The van der Waals surface area contributed by atoms with Gasteiger partial charge in [0.1, 0.15) is 6.54 Å². The zero-order chi connectivity index (χ0) is 21.7. The molecule has 1 heterocycles. The van der Waals surface area contributed by atoms with Crippen molar-refractivity contribution >= 4 is 44.5 Å². The normalized spacial score (nSPS) is 10.6. The number of benzene rings is 2. The fourth-order valence-electron chi connectivity index (χ4n) is 2.80. The summed E-state index contributed by atoms with van der Waals surface area (Å²) in [5.41, 5.74) is 3.35. The molecule has 0 aliphatic heterocycles. The number of esters is 1. The average Bonchev–Trinajstić information content (AvgIpc) is 3.16. The smallest absolute Gasteiger partial charge is 0.325 e. The lowest BCUT2D eigenvalue weighted by Crippen LogP contribution is -2.36. The Kier molecular flexibility index (Phi) is 6.79. The topological polar surface area (TPSA) is 88.6 Å². The number of likely N-dealkylation sites (N-methyl/N-ethyl adjacent to an activating group) is 1. The highest BCUT2D eigenvalue weighted by atomic mass is 32.1. The van der Waals surface area contributed by atoms with Gasteiger partial charge < -0.3 is 10.1 Å². The van der Waals surface area contributed by atoms with Gasteiger partial charge in [0.15, 0.2) is 11.7 Å². The summed E-state index contributed by atoms with van der Waals surface area (Å²) in [4.78, 5) is 42.6. The second-order valence-corrected chi connectivity index (χ2v) is 7.75. The van der Waals surface area contributed by atoms with Crippen LogP contribution in [0.1, 0.15) is 28.4 Å². The Morgan fingerprint density at radius 2 is 1.87 bits per heavy atom. The summed E-state index contributed by atoms with van der Waals surface area (Å²) in [6.45, 7) is 5.37. The molecule has 2 amide bonds. The first kappa shape index (κ1) is 21.4. The summed E-state index contributed by atoms with van der Waals surface area (Å²) in [7, 11) is 0. The van der Waals surface area contributed by atoms with Crippen molar-refractivity contribution in [2.45, 2.75) is 20.8 Å². The van der Waals surface area contributed by atoms with Crippen LogP contribution in [0.4, 0.5) is 5.13 Å². The van der Waals surface area contributed by atoms with Crippen LogP contribution in [0.5, 0.6) is 0 Å². The molecule has 0 spiro atoms. The molecule has 3 aromatic rings. The Balaban J connectivity index is 1.52. The third-order valence-electron chi connectivity index (χ3n) is 4.65. The molecule has 0 radical (unpaired) electrons. The number of aromatic nitrogens is 1. The van der Waals surface area contributed by atoms with Crippen molar-refractivity contribution in [1.82, 2.24) is 10.3 Å². The van der Waals surface area contributed by atoms with Gasteiger partial charge in [0.2, 0.25) is 0 Å². The number of rotatable bonds is 7. The molecule has 7 nitrogen and oxygen atoms in total. The summed E-state index contributed by atoms with van der Waals surface area (Å²) in [6, 6.07) is 12.9. The first-order valence-corrected chi connectivity index (χ1v) is 10.4. The highest BCUT2D eigenvalue weighted by molar-refractivity contribution is 7.22. The number of thiazole rings is 1. The second kappa shape index (κ2) is 9.49. The molecule has 8 heteroatoms. The second-order valence-electron chi connectivity index (χ2n) is 6.74. The lowest BCUT2D eigenvalue weighted by Gasteiger charge is -2.17. The number of hydrogen-bond acceptors (Lipinski definition) is 6. The number of nitrogens with one attached hydrogen (secondary N) is 1. The van der Waals surface area contributed by atoms with Crippen LogP contribution in [0.25, 0.3) is 10.2 Å². The van der Waals surface area contributed by atoms with E-state index in [9.17, 15) is 14.4 Å². The molecule has 0 saturated carbocycles. The largest absolute Gasteiger partial charge is 0.454 e. The van der Waals surface area contributed by atoms with E-state index in [1.165, 1.54) is 16.2 Å². The third-order valence-corrected chi connectivity index (χ3v) is 5.71. The van der Waals surface area contributed by atoms with Gasteiger partial charge >= 0.3 is 5.97 Å². The summed E-state index contributed by atoms with van der Waals surface area (Å²) in [6.07, 6.45) is 0. The van der Waals surface area contributed by atoms with E-state index in [1.54, 1.807) is 12.1 Å². The standard InChI is InChI=1S/C22H23N3O4S/c1-4-25(22-24-17-7-5-6-8-18(17)30-22)19(26)13-29-20(27)12-23-21(28)16-10-9-14(2)15(3)11-16/h5-11H,4,12-13H2,1-3H3,(H,23,28). The Morgan fingerprint density at radius 3 is 2.57 bits per heavy atom. The average molecular weight is 426 g/mol. The van der Waals surface area contributed by atoms with E-state index in [2.05, 4.69) is 10.3 Å². The van der Waals surface area contributed by atoms with Crippen LogP contribution in [-0.4, -0.2) is 42.5 Å². The highest BCUT2D eigenvalue weighted by Crippen LogP contribution is 2.28. The van der Waals surface area contributed by atoms with Crippen LogP contribution in [0.2, 0.25) is 0 Å². The Bertz CT molecular complexity index is 1060. The number of anilines is 1. The van der Waals surface area contributed by atoms with E-state index in [-0.39, 0.29) is 18.4 Å². The highest BCUT2D eigenvalue weighted by Gasteiger charge is 2.20. The Labute approximate surface area is 178 Å². The first-order valence-electron chi connectivity index (χ1n) is 9.56. The van der Waals surface area contributed by atoms with E-state index in [0.717, 1.165) is 21.3 Å². The molecule has 3 rings (SSSR count). The molecule has 156 valence electrons. The zero-order valence-electron chi connectivity index (χ0n) is 17.1. The van der Waals surface area contributed by atoms with Gasteiger partial charge in [0.05, 0.1) is 10.2 Å². The first-order chi connectivity index (χ1) is 14.4. The van der Waals surface area contributed by atoms with Crippen molar-refractivity contribution in [2.24, 2.45) is 0 Å². The molecule has 0 aliphatic carbocycles. The number of fused-ring (bicyclic) bond motifs is 1. The fourth-order valence-corrected chi connectivity index (χ4v) is 3.85. The van der Waals surface area contributed by atoms with Crippen molar-refractivity contribution in [2.75, 3.05) is 24.6 Å². The molecule has 0 atom stereocenters. The van der Waals surface area contributed by atoms with Crippen LogP contribution in [-0.2, 0) is 14.3 Å². The van der Waals surface area contributed by atoms with Gasteiger partial charge in [-0.3, -0.25) is 19.3 Å². The lowest BCUT2D eigenvalue weighted by molar-refractivity contribution is -0.146. The number of carbonyl (C=O) groups is 3. The summed E-state index contributed by atoms with van der Waals surface area (Å²) in [5.74, 6) is -1.42. The summed E-state index contributed by atoms with van der Waals surface area (Å²) in [5, 5.41) is 3.07. The maximum atomic E-state index is 12.5. The van der Waals surface area contributed by atoms with E-state index in [4.69, 9.17) is 4.74 Å². The predicted molar refractivity (Wildman–Crippen MR) is 117 cm³/mol. The number of amides is 2. The van der Waals surface area contributed by atoms with Gasteiger partial charge in [0, 0.05) is 12.1 Å². The number of nitrogens with zero attached hydrogens (tertiary/aromatic N) is 2. The molecule has 0 saturated heterocycles. The molecular formula is C22H23N3O4S. The monoisotopic (exact) mass is 425 g/mol. The molecule has 1 aromatic heterocycles. The number of para-hydroxylation sites is 1. The van der Waals surface area contributed by atoms with Crippen molar-refractivity contribution in [1.29, 1.82) is 0 Å². The molecular weight excluding hydrogens is 402 g/mol. The molecule has 0 fully saturated rings. The van der Waals surface area contributed by atoms with E-state index in [0.29, 0.717) is 17.2 Å². The van der Waals surface area contributed by atoms with Gasteiger partial charge in [-0.1, -0.05) is 29.5 Å².